The Morgan fingerprint density at radius 3 is 2.46 bits per heavy atom. The number of nitrogens with one attached hydrogen (secondary N) is 1. The Balaban J connectivity index is 1.57. The second kappa shape index (κ2) is 8.47. The van der Waals surface area contributed by atoms with Crippen LogP contribution in [-0.4, -0.2) is 86.4 Å². The first-order valence-electron chi connectivity index (χ1n) is 9.23. The highest BCUT2D eigenvalue weighted by Gasteiger charge is 2.27. The zero-order valence-electron chi connectivity index (χ0n) is 15.5. The first-order chi connectivity index (χ1) is 12.5. The number of sulfonamides is 1. The summed E-state index contributed by atoms with van der Waals surface area (Å²) in [5, 5.41) is 3.43. The molecular weight excluding hydrogens is 350 g/mol. The van der Waals surface area contributed by atoms with Gasteiger partial charge in [-0.05, 0) is 32.0 Å². The molecule has 3 heterocycles. The van der Waals surface area contributed by atoms with Crippen LogP contribution in [0.15, 0.2) is 35.9 Å². The topological polar surface area (TPSA) is 68.8 Å². The van der Waals surface area contributed by atoms with Crippen molar-refractivity contribution in [3.8, 4) is 0 Å². The maximum absolute atomic E-state index is 12.7. The Morgan fingerprint density at radius 1 is 1.19 bits per heavy atom. The summed E-state index contributed by atoms with van der Waals surface area (Å²) in [6.07, 6.45) is 5.52. The van der Waals surface area contributed by atoms with Crippen LogP contribution in [0, 0.1) is 0 Å². The van der Waals surface area contributed by atoms with Crippen molar-refractivity contribution in [2.45, 2.75) is 23.8 Å². The molecule has 144 valence electrons. The van der Waals surface area contributed by atoms with Gasteiger partial charge < -0.3 is 10.2 Å². The van der Waals surface area contributed by atoms with Crippen molar-refractivity contribution in [2.75, 3.05) is 58.2 Å². The van der Waals surface area contributed by atoms with Crippen LogP contribution in [-0.2, 0) is 10.0 Å². The predicted octanol–water partition coefficient (Wildman–Crippen LogP) is 1.08. The fraction of sp³-hybridized carbons (Fsp3) is 0.611. The molecule has 0 aliphatic carbocycles. The van der Waals surface area contributed by atoms with E-state index in [1.807, 2.05) is 13.1 Å². The lowest BCUT2D eigenvalue weighted by Crippen LogP contribution is -2.47. The summed E-state index contributed by atoms with van der Waals surface area (Å²) in [6.45, 7) is 9.38. The first kappa shape index (κ1) is 19.3. The Bertz CT molecular complexity index is 691. The van der Waals surface area contributed by atoms with Crippen LogP contribution >= 0.6 is 0 Å². The molecule has 0 radical (unpaired) electrons. The van der Waals surface area contributed by atoms with Crippen LogP contribution in [0.2, 0.25) is 0 Å². The van der Waals surface area contributed by atoms with Gasteiger partial charge in [-0.2, -0.15) is 4.31 Å². The molecule has 2 aliphatic heterocycles. The van der Waals surface area contributed by atoms with Gasteiger partial charge in [0, 0.05) is 58.1 Å². The van der Waals surface area contributed by atoms with E-state index in [0.717, 1.165) is 51.4 Å². The van der Waals surface area contributed by atoms with Gasteiger partial charge >= 0.3 is 0 Å². The molecule has 8 heteroatoms. The van der Waals surface area contributed by atoms with Crippen molar-refractivity contribution >= 4 is 15.8 Å². The van der Waals surface area contributed by atoms with Gasteiger partial charge in [0.05, 0.1) is 0 Å². The number of hydrogen-bond donors (Lipinski definition) is 1. The second-order valence-corrected chi connectivity index (χ2v) is 9.03. The smallest absolute Gasteiger partial charge is 0.244 e. The number of anilines is 1. The van der Waals surface area contributed by atoms with Gasteiger partial charge in [-0.15, -0.1) is 6.58 Å². The molecule has 2 fully saturated rings. The maximum atomic E-state index is 12.7. The van der Waals surface area contributed by atoms with Gasteiger partial charge in [-0.1, -0.05) is 6.08 Å². The van der Waals surface area contributed by atoms with Crippen LogP contribution in [0.4, 0.5) is 5.82 Å². The van der Waals surface area contributed by atoms with E-state index in [9.17, 15) is 8.42 Å². The van der Waals surface area contributed by atoms with Crippen molar-refractivity contribution in [2.24, 2.45) is 0 Å². The highest BCUT2D eigenvalue weighted by Crippen LogP contribution is 2.20. The zero-order chi connectivity index (χ0) is 18.6. The molecule has 1 N–H and O–H groups in total. The maximum Gasteiger partial charge on any atom is 0.244 e. The van der Waals surface area contributed by atoms with Crippen molar-refractivity contribution < 1.29 is 8.42 Å². The van der Waals surface area contributed by atoms with Crippen LogP contribution in [0.5, 0.6) is 0 Å². The molecule has 0 bridgehead atoms. The van der Waals surface area contributed by atoms with Gasteiger partial charge in [-0.3, -0.25) is 4.90 Å². The lowest BCUT2D eigenvalue weighted by Gasteiger charge is -2.32. The zero-order valence-corrected chi connectivity index (χ0v) is 16.3. The van der Waals surface area contributed by atoms with Crippen molar-refractivity contribution in [3.05, 3.63) is 31.0 Å². The molecular formula is C18H29N5O2S. The summed E-state index contributed by atoms with van der Waals surface area (Å²) >= 11 is 0. The standard InChI is InChI=1S/C18H29N5O2S/c1-3-8-22-9-6-16(7-10-22)20-18-5-4-17(15-19-18)26(24,25)23-13-11-21(2)12-14-23/h3-5,15-16H,1,6-14H2,2H3,(H,19,20). The van der Waals surface area contributed by atoms with Crippen molar-refractivity contribution in [3.63, 3.8) is 0 Å². The minimum atomic E-state index is -3.45. The highest BCUT2D eigenvalue weighted by atomic mass is 32.2. The minimum absolute atomic E-state index is 0.272. The Hall–Kier alpha value is -1.48. The normalized spacial score (nSPS) is 21.6. The van der Waals surface area contributed by atoms with E-state index in [2.05, 4.69) is 26.7 Å². The van der Waals surface area contributed by atoms with Crippen LogP contribution in [0.3, 0.4) is 0 Å². The van der Waals surface area contributed by atoms with Gasteiger partial charge in [-0.25, -0.2) is 13.4 Å². The van der Waals surface area contributed by atoms with E-state index in [-0.39, 0.29) is 4.90 Å². The first-order valence-corrected chi connectivity index (χ1v) is 10.7. The SMILES string of the molecule is C=CCN1CCC(Nc2ccc(S(=O)(=O)N3CCN(C)CC3)cn2)CC1. The van der Waals surface area contributed by atoms with E-state index in [0.29, 0.717) is 19.1 Å². The quantitative estimate of drug-likeness (QED) is 0.746. The van der Waals surface area contributed by atoms with Crippen LogP contribution < -0.4 is 5.32 Å². The predicted molar refractivity (Wildman–Crippen MR) is 104 cm³/mol. The van der Waals surface area contributed by atoms with Gasteiger partial charge in [0.15, 0.2) is 0 Å². The molecule has 0 aromatic carbocycles. The number of rotatable bonds is 6. The molecule has 1 aromatic rings. The molecule has 3 rings (SSSR count). The number of hydrogen-bond acceptors (Lipinski definition) is 6. The van der Waals surface area contributed by atoms with E-state index in [1.165, 1.54) is 6.20 Å². The molecule has 1 aromatic heterocycles. The summed E-state index contributed by atoms with van der Waals surface area (Å²) in [5.74, 6) is 0.740. The molecule has 0 amide bonds. The van der Waals surface area contributed by atoms with E-state index in [1.54, 1.807) is 16.4 Å². The summed E-state index contributed by atoms with van der Waals surface area (Å²) in [6, 6.07) is 3.82. The number of nitrogens with zero attached hydrogens (tertiary/aromatic N) is 4. The molecule has 0 spiro atoms. The number of likely N-dealkylation sites (tertiary alicyclic amines) is 1. The van der Waals surface area contributed by atoms with Gasteiger partial charge in [0.2, 0.25) is 10.0 Å². The molecule has 0 unspecified atom stereocenters. The number of likely N-dealkylation sites (N-methyl/N-ethyl adjacent to an activating group) is 1. The fourth-order valence-electron chi connectivity index (χ4n) is 3.45. The van der Waals surface area contributed by atoms with Gasteiger partial charge in [0.25, 0.3) is 0 Å². The molecule has 26 heavy (non-hydrogen) atoms. The average molecular weight is 380 g/mol. The largest absolute Gasteiger partial charge is 0.367 e. The summed E-state index contributed by atoms with van der Waals surface area (Å²) in [5.41, 5.74) is 0. The minimum Gasteiger partial charge on any atom is -0.367 e. The second-order valence-electron chi connectivity index (χ2n) is 7.09. The number of aromatic nitrogens is 1. The third kappa shape index (κ3) is 4.62. The molecule has 2 aliphatic rings. The van der Waals surface area contributed by atoms with E-state index >= 15 is 0 Å². The molecule has 0 saturated carbocycles. The lowest BCUT2D eigenvalue weighted by molar-refractivity contribution is 0.222. The molecule has 7 nitrogen and oxygen atoms in total. The fourth-order valence-corrected chi connectivity index (χ4v) is 4.82. The Labute approximate surface area is 156 Å². The van der Waals surface area contributed by atoms with Crippen molar-refractivity contribution in [1.29, 1.82) is 0 Å². The number of pyridine rings is 1. The lowest BCUT2D eigenvalue weighted by atomic mass is 10.1. The highest BCUT2D eigenvalue weighted by molar-refractivity contribution is 7.89. The van der Waals surface area contributed by atoms with E-state index in [4.69, 9.17) is 0 Å². The van der Waals surface area contributed by atoms with E-state index < -0.39 is 10.0 Å². The van der Waals surface area contributed by atoms with Gasteiger partial charge in [0.1, 0.15) is 10.7 Å². The summed E-state index contributed by atoms with van der Waals surface area (Å²) in [4.78, 5) is 9.13. The Morgan fingerprint density at radius 2 is 1.88 bits per heavy atom. The van der Waals surface area contributed by atoms with Crippen LogP contribution in [0.1, 0.15) is 12.8 Å². The van der Waals surface area contributed by atoms with Crippen LogP contribution in [0.25, 0.3) is 0 Å². The number of piperidine rings is 1. The summed E-state index contributed by atoms with van der Waals surface area (Å²) < 4.78 is 27.0. The Kier molecular flexibility index (Phi) is 6.29. The summed E-state index contributed by atoms with van der Waals surface area (Å²) in [7, 11) is -1.44. The van der Waals surface area contributed by atoms with Crippen molar-refractivity contribution in [1.82, 2.24) is 19.1 Å². The number of piperazine rings is 1. The molecule has 2 saturated heterocycles. The third-order valence-electron chi connectivity index (χ3n) is 5.16. The average Bonchev–Trinajstić information content (AvgIpc) is 2.64. The monoisotopic (exact) mass is 379 g/mol. The third-order valence-corrected chi connectivity index (χ3v) is 7.05. The molecule has 0 atom stereocenters.